The van der Waals surface area contributed by atoms with Crippen molar-refractivity contribution in [3.8, 4) is 0 Å². The van der Waals surface area contributed by atoms with Crippen molar-refractivity contribution in [1.29, 1.82) is 0 Å². The van der Waals surface area contributed by atoms with E-state index in [0.29, 0.717) is 30.8 Å². The van der Waals surface area contributed by atoms with Crippen molar-refractivity contribution in [3.63, 3.8) is 0 Å². The second-order valence-electron chi connectivity index (χ2n) is 4.59. The van der Waals surface area contributed by atoms with Crippen LogP contribution in [0.1, 0.15) is 28.9 Å². The number of piperidine rings is 1. The highest BCUT2D eigenvalue weighted by Crippen LogP contribution is 2.07. The minimum Gasteiger partial charge on any atom is -0.354 e. The van der Waals surface area contributed by atoms with E-state index in [2.05, 4.69) is 16.0 Å². The molecule has 2 heterocycles. The Labute approximate surface area is 120 Å². The van der Waals surface area contributed by atoms with Crippen molar-refractivity contribution in [2.24, 2.45) is 0 Å². The lowest BCUT2D eigenvalue weighted by atomic mass is 10.1. The van der Waals surface area contributed by atoms with Crippen LogP contribution in [-0.4, -0.2) is 36.9 Å². The van der Waals surface area contributed by atoms with E-state index in [1.54, 1.807) is 6.07 Å². The minimum absolute atomic E-state index is 0.00630. The normalized spacial score (nSPS) is 18.2. The molecule has 3 N–H and O–H groups in total. The van der Waals surface area contributed by atoms with Gasteiger partial charge in [-0.2, -0.15) is 0 Å². The van der Waals surface area contributed by atoms with E-state index in [0.717, 1.165) is 0 Å². The van der Waals surface area contributed by atoms with Gasteiger partial charge in [-0.15, -0.1) is 11.3 Å². The standard InChI is InChI=1S/C13H17N3O3S/c17-11-4-3-9(8-15-11)16-12(18)5-6-14-13(19)10-2-1-7-20-10/h1-2,7,9H,3-6,8H2,(H,14,19)(H,15,17)(H,16,18). The number of thiophene rings is 1. The first kappa shape index (κ1) is 14.5. The zero-order valence-corrected chi connectivity index (χ0v) is 11.8. The molecule has 0 bridgehead atoms. The van der Waals surface area contributed by atoms with E-state index in [1.165, 1.54) is 11.3 Å². The first-order valence-corrected chi connectivity index (χ1v) is 7.41. The van der Waals surface area contributed by atoms with E-state index < -0.39 is 0 Å². The molecule has 2 rings (SSSR count). The maximum absolute atomic E-state index is 11.7. The van der Waals surface area contributed by atoms with Crippen LogP contribution in [0.3, 0.4) is 0 Å². The number of hydrogen-bond acceptors (Lipinski definition) is 4. The van der Waals surface area contributed by atoms with Crippen LogP contribution < -0.4 is 16.0 Å². The second kappa shape index (κ2) is 7.04. The molecule has 1 aliphatic heterocycles. The van der Waals surface area contributed by atoms with E-state index in [4.69, 9.17) is 0 Å². The van der Waals surface area contributed by atoms with Gasteiger partial charge in [0.05, 0.1) is 4.88 Å². The highest BCUT2D eigenvalue weighted by molar-refractivity contribution is 7.12. The SMILES string of the molecule is O=C1CCC(NC(=O)CCNC(=O)c2cccs2)CN1. The third kappa shape index (κ3) is 4.34. The summed E-state index contributed by atoms with van der Waals surface area (Å²) in [4.78, 5) is 34.9. The van der Waals surface area contributed by atoms with E-state index in [1.807, 2.05) is 11.4 Å². The van der Waals surface area contributed by atoms with Crippen molar-refractivity contribution in [2.75, 3.05) is 13.1 Å². The highest BCUT2D eigenvalue weighted by atomic mass is 32.1. The van der Waals surface area contributed by atoms with Crippen LogP contribution in [0.25, 0.3) is 0 Å². The average Bonchev–Trinajstić information content (AvgIpc) is 2.95. The molecule has 3 amide bonds. The molecule has 0 spiro atoms. The molecule has 0 aromatic carbocycles. The van der Waals surface area contributed by atoms with Crippen molar-refractivity contribution >= 4 is 29.1 Å². The molecule has 108 valence electrons. The Morgan fingerprint density at radius 1 is 1.45 bits per heavy atom. The van der Waals surface area contributed by atoms with Gasteiger partial charge < -0.3 is 16.0 Å². The van der Waals surface area contributed by atoms with Crippen LogP contribution in [0.2, 0.25) is 0 Å². The molecule has 20 heavy (non-hydrogen) atoms. The Morgan fingerprint density at radius 3 is 2.95 bits per heavy atom. The van der Waals surface area contributed by atoms with Crippen molar-refractivity contribution in [2.45, 2.75) is 25.3 Å². The summed E-state index contributed by atoms with van der Waals surface area (Å²) in [6.45, 7) is 0.785. The van der Waals surface area contributed by atoms with Gasteiger partial charge in [0.1, 0.15) is 0 Å². The van der Waals surface area contributed by atoms with Crippen LogP contribution in [0.15, 0.2) is 17.5 Å². The molecule has 7 heteroatoms. The predicted octanol–water partition coefficient (Wildman–Crippen LogP) is 0.263. The van der Waals surface area contributed by atoms with Gasteiger partial charge in [0.15, 0.2) is 0 Å². The van der Waals surface area contributed by atoms with Gasteiger partial charge in [0.25, 0.3) is 5.91 Å². The topological polar surface area (TPSA) is 87.3 Å². The van der Waals surface area contributed by atoms with E-state index in [9.17, 15) is 14.4 Å². The maximum atomic E-state index is 11.7. The zero-order valence-electron chi connectivity index (χ0n) is 11.0. The fourth-order valence-electron chi connectivity index (χ4n) is 1.94. The molecular weight excluding hydrogens is 278 g/mol. The molecule has 1 saturated heterocycles. The van der Waals surface area contributed by atoms with Crippen LogP contribution >= 0.6 is 11.3 Å². The molecule has 1 atom stereocenters. The van der Waals surface area contributed by atoms with E-state index in [-0.39, 0.29) is 30.2 Å². The largest absolute Gasteiger partial charge is 0.354 e. The molecule has 0 aliphatic carbocycles. The lowest BCUT2D eigenvalue weighted by Crippen LogP contribution is -2.48. The van der Waals surface area contributed by atoms with Crippen LogP contribution in [-0.2, 0) is 9.59 Å². The van der Waals surface area contributed by atoms with Crippen molar-refractivity contribution in [3.05, 3.63) is 22.4 Å². The quantitative estimate of drug-likeness (QED) is 0.728. The number of carbonyl (C=O) groups excluding carboxylic acids is 3. The summed E-state index contributed by atoms with van der Waals surface area (Å²) in [6.07, 6.45) is 1.35. The molecule has 1 unspecified atom stereocenters. The Balaban J connectivity index is 1.63. The second-order valence-corrected chi connectivity index (χ2v) is 5.54. The van der Waals surface area contributed by atoms with Gasteiger partial charge in [-0.1, -0.05) is 6.07 Å². The van der Waals surface area contributed by atoms with Gasteiger partial charge in [-0.05, 0) is 17.9 Å². The smallest absolute Gasteiger partial charge is 0.261 e. The molecule has 1 aromatic heterocycles. The summed E-state index contributed by atoms with van der Waals surface area (Å²) >= 11 is 1.37. The van der Waals surface area contributed by atoms with Crippen molar-refractivity contribution < 1.29 is 14.4 Å². The zero-order chi connectivity index (χ0) is 14.4. The van der Waals surface area contributed by atoms with Gasteiger partial charge in [-0.25, -0.2) is 0 Å². The number of carbonyl (C=O) groups is 3. The van der Waals surface area contributed by atoms with Gasteiger partial charge in [0.2, 0.25) is 11.8 Å². The molecule has 6 nitrogen and oxygen atoms in total. The first-order chi connectivity index (χ1) is 9.65. The van der Waals surface area contributed by atoms with Gasteiger partial charge in [0, 0.05) is 32.0 Å². The average molecular weight is 295 g/mol. The van der Waals surface area contributed by atoms with Gasteiger partial charge >= 0.3 is 0 Å². The Hall–Kier alpha value is -1.89. The summed E-state index contributed by atoms with van der Waals surface area (Å²) in [6, 6.07) is 3.54. The van der Waals surface area contributed by atoms with Gasteiger partial charge in [-0.3, -0.25) is 14.4 Å². The lowest BCUT2D eigenvalue weighted by molar-refractivity contribution is -0.125. The summed E-state index contributed by atoms with van der Waals surface area (Å²) in [7, 11) is 0. The Kier molecular flexibility index (Phi) is 5.11. The molecule has 1 aliphatic rings. The predicted molar refractivity (Wildman–Crippen MR) is 75.4 cm³/mol. The fraction of sp³-hybridized carbons (Fsp3) is 0.462. The highest BCUT2D eigenvalue weighted by Gasteiger charge is 2.19. The monoisotopic (exact) mass is 295 g/mol. The molecule has 1 aromatic rings. The van der Waals surface area contributed by atoms with Crippen LogP contribution in [0.5, 0.6) is 0 Å². The maximum Gasteiger partial charge on any atom is 0.261 e. The van der Waals surface area contributed by atoms with Crippen molar-refractivity contribution in [1.82, 2.24) is 16.0 Å². The summed E-state index contributed by atoms with van der Waals surface area (Å²) in [5.41, 5.74) is 0. The fourth-order valence-corrected chi connectivity index (χ4v) is 2.58. The number of nitrogens with one attached hydrogen (secondary N) is 3. The summed E-state index contributed by atoms with van der Waals surface area (Å²) in [5, 5.41) is 10.1. The van der Waals surface area contributed by atoms with E-state index >= 15 is 0 Å². The number of rotatable bonds is 5. The molecular formula is C13H17N3O3S. The van der Waals surface area contributed by atoms with Crippen LogP contribution in [0.4, 0.5) is 0 Å². The molecule has 1 fully saturated rings. The number of amides is 3. The minimum atomic E-state index is -0.155. The lowest BCUT2D eigenvalue weighted by Gasteiger charge is -2.23. The summed E-state index contributed by atoms with van der Waals surface area (Å²) < 4.78 is 0. The Morgan fingerprint density at radius 2 is 2.30 bits per heavy atom. The third-order valence-electron chi connectivity index (χ3n) is 3.01. The summed E-state index contributed by atoms with van der Waals surface area (Å²) in [5.74, 6) is -0.242. The Bertz CT molecular complexity index is 477. The third-order valence-corrected chi connectivity index (χ3v) is 3.88. The molecule has 0 saturated carbocycles. The van der Waals surface area contributed by atoms with Crippen LogP contribution in [0, 0.1) is 0 Å². The molecule has 0 radical (unpaired) electrons. The number of hydrogen-bond donors (Lipinski definition) is 3. The first-order valence-electron chi connectivity index (χ1n) is 6.53.